The van der Waals surface area contributed by atoms with Gasteiger partial charge in [-0.3, -0.25) is 5.10 Å². The van der Waals surface area contributed by atoms with Gasteiger partial charge < -0.3 is 9.47 Å². The molecule has 0 aliphatic rings. The molecule has 1 heterocycles. The van der Waals surface area contributed by atoms with Crippen molar-refractivity contribution < 1.29 is 27.4 Å². The minimum Gasteiger partial charge on any atom is -0.461 e. The molecule has 19 heavy (non-hydrogen) atoms. The summed E-state index contributed by atoms with van der Waals surface area (Å²) in [4.78, 5) is 11.5. The monoisotopic (exact) mass is 274 g/mol. The first-order chi connectivity index (χ1) is 8.90. The summed E-state index contributed by atoms with van der Waals surface area (Å²) >= 11 is 0. The van der Waals surface area contributed by atoms with E-state index in [0.717, 1.165) is 12.1 Å². The third kappa shape index (κ3) is 2.95. The fraction of sp³-hybridized carbons (Fsp3) is 0.273. The highest BCUT2D eigenvalue weighted by Crippen LogP contribution is 2.27. The van der Waals surface area contributed by atoms with E-state index >= 15 is 0 Å². The van der Waals surface area contributed by atoms with Gasteiger partial charge in [0.15, 0.2) is 5.69 Å². The molecule has 0 saturated heterocycles. The minimum atomic E-state index is -4.79. The molecule has 0 saturated carbocycles. The van der Waals surface area contributed by atoms with Gasteiger partial charge in [0.25, 0.3) is 0 Å². The number of ether oxygens (including phenoxy) is 2. The Morgan fingerprint density at radius 1 is 1.42 bits per heavy atom. The average molecular weight is 274 g/mol. The largest absolute Gasteiger partial charge is 0.573 e. The van der Waals surface area contributed by atoms with Gasteiger partial charge in [-0.05, 0) is 25.1 Å². The number of H-pyrrole nitrogens is 1. The molecule has 1 aromatic heterocycles. The topological polar surface area (TPSA) is 64.2 Å². The van der Waals surface area contributed by atoms with Gasteiger partial charge in [-0.2, -0.15) is 5.10 Å². The van der Waals surface area contributed by atoms with Gasteiger partial charge in [-0.15, -0.1) is 13.2 Å². The predicted molar refractivity (Wildman–Crippen MR) is 58.7 cm³/mol. The number of carbonyl (C=O) groups is 1. The van der Waals surface area contributed by atoms with Crippen LogP contribution in [-0.2, 0) is 4.74 Å². The van der Waals surface area contributed by atoms with Gasteiger partial charge >= 0.3 is 12.3 Å². The van der Waals surface area contributed by atoms with Crippen LogP contribution in [0.4, 0.5) is 13.2 Å². The van der Waals surface area contributed by atoms with Crippen LogP contribution in [0, 0.1) is 0 Å². The molecule has 0 unspecified atom stereocenters. The summed E-state index contributed by atoms with van der Waals surface area (Å²) in [5, 5.41) is 6.45. The van der Waals surface area contributed by atoms with Gasteiger partial charge in [-0.1, -0.05) is 0 Å². The summed E-state index contributed by atoms with van der Waals surface area (Å²) in [6, 6.07) is 3.55. The standard InChI is InChI=1S/C11H9F3N2O3/c1-2-18-10(17)9-7-5-6(19-11(12,13)14)3-4-8(7)15-16-9/h3-5H,2H2,1H3,(H,15,16). The number of nitrogens with zero attached hydrogens (tertiary/aromatic N) is 1. The van der Waals surface area contributed by atoms with Crippen LogP contribution in [0.3, 0.4) is 0 Å². The lowest BCUT2D eigenvalue weighted by atomic mass is 10.2. The van der Waals surface area contributed by atoms with Crippen molar-refractivity contribution in [1.82, 2.24) is 10.2 Å². The maximum Gasteiger partial charge on any atom is 0.573 e. The zero-order valence-electron chi connectivity index (χ0n) is 9.75. The second kappa shape index (κ2) is 4.79. The molecule has 2 rings (SSSR count). The first-order valence-corrected chi connectivity index (χ1v) is 5.31. The van der Waals surface area contributed by atoms with Crippen LogP contribution < -0.4 is 4.74 Å². The number of benzene rings is 1. The summed E-state index contributed by atoms with van der Waals surface area (Å²) in [7, 11) is 0. The van der Waals surface area contributed by atoms with E-state index in [1.807, 2.05) is 0 Å². The number of carbonyl (C=O) groups excluding carboxylic acids is 1. The van der Waals surface area contributed by atoms with Crippen LogP contribution in [-0.4, -0.2) is 29.1 Å². The molecular formula is C11H9F3N2O3. The average Bonchev–Trinajstić information content (AvgIpc) is 2.70. The Morgan fingerprint density at radius 3 is 2.79 bits per heavy atom. The van der Waals surface area contributed by atoms with Crippen LogP contribution in [0.25, 0.3) is 10.9 Å². The molecule has 0 radical (unpaired) electrons. The molecule has 0 atom stereocenters. The van der Waals surface area contributed by atoms with E-state index in [4.69, 9.17) is 4.74 Å². The summed E-state index contributed by atoms with van der Waals surface area (Å²) < 4.78 is 44.9. The van der Waals surface area contributed by atoms with Crippen molar-refractivity contribution in [3.63, 3.8) is 0 Å². The van der Waals surface area contributed by atoms with Crippen molar-refractivity contribution in [3.8, 4) is 5.75 Å². The first kappa shape index (κ1) is 13.2. The Morgan fingerprint density at radius 2 is 2.16 bits per heavy atom. The number of hydrogen-bond donors (Lipinski definition) is 1. The Bertz CT molecular complexity index is 607. The maximum atomic E-state index is 12.1. The number of alkyl halides is 3. The van der Waals surface area contributed by atoms with Crippen molar-refractivity contribution in [2.75, 3.05) is 6.61 Å². The highest BCUT2D eigenvalue weighted by Gasteiger charge is 2.31. The lowest BCUT2D eigenvalue weighted by Gasteiger charge is -2.08. The van der Waals surface area contributed by atoms with Crippen LogP contribution in [0.15, 0.2) is 18.2 Å². The summed E-state index contributed by atoms with van der Waals surface area (Å²) in [6.07, 6.45) is -4.79. The highest BCUT2D eigenvalue weighted by atomic mass is 19.4. The lowest BCUT2D eigenvalue weighted by molar-refractivity contribution is -0.274. The number of fused-ring (bicyclic) bond motifs is 1. The Labute approximate surface area is 105 Å². The summed E-state index contributed by atoms with van der Waals surface area (Å²) in [6.45, 7) is 1.76. The third-order valence-corrected chi connectivity index (χ3v) is 2.24. The van der Waals surface area contributed by atoms with Crippen LogP contribution in [0.2, 0.25) is 0 Å². The molecule has 0 aliphatic carbocycles. The predicted octanol–water partition coefficient (Wildman–Crippen LogP) is 2.64. The van der Waals surface area contributed by atoms with E-state index in [9.17, 15) is 18.0 Å². The van der Waals surface area contributed by atoms with E-state index < -0.39 is 18.1 Å². The maximum absolute atomic E-state index is 12.1. The van der Waals surface area contributed by atoms with E-state index in [2.05, 4.69) is 14.9 Å². The normalized spacial score (nSPS) is 11.6. The molecule has 0 amide bonds. The molecule has 1 aromatic carbocycles. The quantitative estimate of drug-likeness (QED) is 0.874. The van der Waals surface area contributed by atoms with Crippen LogP contribution >= 0.6 is 0 Å². The molecule has 5 nitrogen and oxygen atoms in total. The lowest BCUT2D eigenvalue weighted by Crippen LogP contribution is -2.17. The molecule has 8 heteroatoms. The molecule has 2 aromatic rings. The van der Waals surface area contributed by atoms with Crippen molar-refractivity contribution in [2.24, 2.45) is 0 Å². The molecule has 0 bridgehead atoms. The second-order valence-electron chi connectivity index (χ2n) is 3.55. The fourth-order valence-corrected chi connectivity index (χ4v) is 1.55. The number of aromatic nitrogens is 2. The minimum absolute atomic E-state index is 0.0792. The third-order valence-electron chi connectivity index (χ3n) is 2.24. The summed E-state index contributed by atoms with van der Waals surface area (Å²) in [5.74, 6) is -1.13. The van der Waals surface area contributed by atoms with Gasteiger partial charge in [0, 0.05) is 5.39 Å². The van der Waals surface area contributed by atoms with Gasteiger partial charge in [0.05, 0.1) is 12.1 Å². The molecule has 0 aliphatic heterocycles. The summed E-state index contributed by atoms with van der Waals surface area (Å²) in [5.41, 5.74) is 0.335. The first-order valence-electron chi connectivity index (χ1n) is 5.31. The molecule has 1 N–H and O–H groups in total. The van der Waals surface area contributed by atoms with E-state index in [-0.39, 0.29) is 17.7 Å². The second-order valence-corrected chi connectivity index (χ2v) is 3.55. The van der Waals surface area contributed by atoms with Gasteiger partial charge in [0.2, 0.25) is 0 Å². The van der Waals surface area contributed by atoms with Crippen LogP contribution in [0.5, 0.6) is 5.75 Å². The van der Waals surface area contributed by atoms with E-state index in [0.29, 0.717) is 5.52 Å². The Hall–Kier alpha value is -2.25. The van der Waals surface area contributed by atoms with Gasteiger partial charge in [-0.25, -0.2) is 4.79 Å². The van der Waals surface area contributed by atoms with Crippen LogP contribution in [0.1, 0.15) is 17.4 Å². The van der Waals surface area contributed by atoms with Crippen molar-refractivity contribution in [2.45, 2.75) is 13.3 Å². The highest BCUT2D eigenvalue weighted by molar-refractivity contribution is 6.02. The smallest absolute Gasteiger partial charge is 0.461 e. The fourth-order valence-electron chi connectivity index (χ4n) is 1.55. The van der Waals surface area contributed by atoms with Crippen molar-refractivity contribution in [3.05, 3.63) is 23.9 Å². The number of nitrogens with one attached hydrogen (secondary N) is 1. The SMILES string of the molecule is CCOC(=O)c1n[nH]c2ccc(OC(F)(F)F)cc12. The number of esters is 1. The zero-order chi connectivity index (χ0) is 14.0. The van der Waals surface area contributed by atoms with E-state index in [1.54, 1.807) is 6.92 Å². The molecule has 0 fully saturated rings. The van der Waals surface area contributed by atoms with Crippen molar-refractivity contribution in [1.29, 1.82) is 0 Å². The Kier molecular flexibility index (Phi) is 3.32. The Balaban J connectivity index is 2.40. The number of halogens is 3. The number of rotatable bonds is 3. The van der Waals surface area contributed by atoms with E-state index in [1.165, 1.54) is 6.07 Å². The molecular weight excluding hydrogens is 265 g/mol. The molecule has 0 spiro atoms. The zero-order valence-corrected chi connectivity index (χ0v) is 9.75. The molecule has 102 valence electrons. The number of hydrogen-bond acceptors (Lipinski definition) is 4. The van der Waals surface area contributed by atoms with Gasteiger partial charge in [0.1, 0.15) is 5.75 Å². The number of aromatic amines is 1. The van der Waals surface area contributed by atoms with Crippen molar-refractivity contribution >= 4 is 16.9 Å².